The van der Waals surface area contributed by atoms with Gasteiger partial charge < -0.3 is 14.8 Å². The molecule has 0 bridgehead atoms. The van der Waals surface area contributed by atoms with Gasteiger partial charge in [0, 0.05) is 31.4 Å². The number of hydrogen-bond donors (Lipinski definition) is 1. The topological polar surface area (TPSA) is 50.2 Å². The van der Waals surface area contributed by atoms with Crippen molar-refractivity contribution in [3.05, 3.63) is 48.0 Å². The van der Waals surface area contributed by atoms with Crippen LogP contribution in [0, 0.1) is 0 Å². The third kappa shape index (κ3) is 3.38. The first-order chi connectivity index (χ1) is 11.2. The number of rotatable bonds is 6. The summed E-state index contributed by atoms with van der Waals surface area (Å²) in [6.07, 6.45) is 6.95. The number of benzene rings is 1. The summed E-state index contributed by atoms with van der Waals surface area (Å²) in [6.45, 7) is 4.14. The molecule has 5 nitrogen and oxygen atoms in total. The Balaban J connectivity index is 1.62. The van der Waals surface area contributed by atoms with Crippen LogP contribution in [0.4, 0.5) is 5.69 Å². The molecule has 0 spiro atoms. The molecule has 2 heterocycles. The SMILES string of the molecule is CCCCN(C)c1ccc(C(=O)NC2CCn3cncc32)cc1. The van der Waals surface area contributed by atoms with Crippen LogP contribution < -0.4 is 10.2 Å². The van der Waals surface area contributed by atoms with Crippen molar-refractivity contribution in [3.63, 3.8) is 0 Å². The van der Waals surface area contributed by atoms with Gasteiger partial charge in [-0.3, -0.25) is 4.79 Å². The van der Waals surface area contributed by atoms with Crippen LogP contribution in [0.5, 0.6) is 0 Å². The number of carbonyl (C=O) groups excluding carboxylic acids is 1. The average molecular weight is 312 g/mol. The lowest BCUT2D eigenvalue weighted by Gasteiger charge is -2.19. The molecule has 1 amide bonds. The lowest BCUT2D eigenvalue weighted by molar-refractivity contribution is 0.0936. The molecule has 1 N–H and O–H groups in total. The highest BCUT2D eigenvalue weighted by Gasteiger charge is 2.24. The van der Waals surface area contributed by atoms with E-state index in [4.69, 9.17) is 0 Å². The second-order valence-electron chi connectivity index (χ2n) is 6.15. The van der Waals surface area contributed by atoms with E-state index in [1.54, 1.807) is 0 Å². The van der Waals surface area contributed by atoms with Crippen molar-refractivity contribution < 1.29 is 4.79 Å². The molecule has 23 heavy (non-hydrogen) atoms. The maximum absolute atomic E-state index is 12.4. The predicted octanol–water partition coefficient (Wildman–Crippen LogP) is 2.99. The van der Waals surface area contributed by atoms with Gasteiger partial charge in [-0.15, -0.1) is 0 Å². The highest BCUT2D eigenvalue weighted by Crippen LogP contribution is 2.25. The summed E-state index contributed by atoms with van der Waals surface area (Å²) in [7, 11) is 2.09. The highest BCUT2D eigenvalue weighted by molar-refractivity contribution is 5.94. The second-order valence-corrected chi connectivity index (χ2v) is 6.15. The largest absolute Gasteiger partial charge is 0.375 e. The van der Waals surface area contributed by atoms with E-state index >= 15 is 0 Å². The average Bonchev–Trinajstić information content (AvgIpc) is 3.18. The summed E-state index contributed by atoms with van der Waals surface area (Å²) in [5, 5.41) is 3.11. The number of aromatic nitrogens is 2. The summed E-state index contributed by atoms with van der Waals surface area (Å²) in [5.41, 5.74) is 2.94. The molecule has 1 atom stereocenters. The minimum absolute atomic E-state index is 0.0209. The fourth-order valence-electron chi connectivity index (χ4n) is 3.00. The molecular weight excluding hydrogens is 288 g/mol. The normalized spacial score (nSPS) is 16.2. The maximum atomic E-state index is 12.4. The fourth-order valence-corrected chi connectivity index (χ4v) is 3.00. The van der Waals surface area contributed by atoms with Crippen LogP contribution in [0.1, 0.15) is 48.3 Å². The Labute approximate surface area is 137 Å². The van der Waals surface area contributed by atoms with E-state index in [0.717, 1.165) is 30.9 Å². The zero-order valence-electron chi connectivity index (χ0n) is 13.8. The molecule has 2 aromatic rings. The minimum Gasteiger partial charge on any atom is -0.375 e. The van der Waals surface area contributed by atoms with Gasteiger partial charge in [0.2, 0.25) is 0 Å². The smallest absolute Gasteiger partial charge is 0.251 e. The van der Waals surface area contributed by atoms with Crippen molar-refractivity contribution in [1.82, 2.24) is 14.9 Å². The van der Waals surface area contributed by atoms with E-state index in [1.165, 1.54) is 12.8 Å². The van der Waals surface area contributed by atoms with Crippen LogP contribution in [0.3, 0.4) is 0 Å². The van der Waals surface area contributed by atoms with Crippen LogP contribution in [-0.2, 0) is 6.54 Å². The molecule has 0 saturated carbocycles. The first-order valence-electron chi connectivity index (χ1n) is 8.31. The van der Waals surface area contributed by atoms with Crippen LogP contribution in [0.25, 0.3) is 0 Å². The number of amides is 1. The molecule has 1 unspecified atom stereocenters. The van der Waals surface area contributed by atoms with Crippen LogP contribution in [-0.4, -0.2) is 29.1 Å². The number of imidazole rings is 1. The minimum atomic E-state index is -0.0209. The molecule has 1 aliphatic rings. The van der Waals surface area contributed by atoms with Crippen molar-refractivity contribution in [2.45, 2.75) is 38.8 Å². The Morgan fingerprint density at radius 1 is 1.39 bits per heavy atom. The van der Waals surface area contributed by atoms with E-state index in [2.05, 4.69) is 33.7 Å². The van der Waals surface area contributed by atoms with E-state index < -0.39 is 0 Å². The van der Waals surface area contributed by atoms with Gasteiger partial charge in [-0.1, -0.05) is 13.3 Å². The first-order valence-corrected chi connectivity index (χ1v) is 8.31. The lowest BCUT2D eigenvalue weighted by atomic mass is 10.1. The summed E-state index contributed by atoms with van der Waals surface area (Å²) in [5.74, 6) is -0.0209. The van der Waals surface area contributed by atoms with Gasteiger partial charge >= 0.3 is 0 Å². The third-order valence-corrected chi connectivity index (χ3v) is 4.48. The summed E-state index contributed by atoms with van der Waals surface area (Å²) >= 11 is 0. The van der Waals surface area contributed by atoms with E-state index in [9.17, 15) is 4.79 Å². The van der Waals surface area contributed by atoms with Crippen LogP contribution in [0.2, 0.25) is 0 Å². The fraction of sp³-hybridized carbons (Fsp3) is 0.444. The summed E-state index contributed by atoms with van der Waals surface area (Å²) in [6, 6.07) is 7.91. The Morgan fingerprint density at radius 2 is 2.17 bits per heavy atom. The molecule has 1 aromatic carbocycles. The number of nitrogens with zero attached hydrogens (tertiary/aromatic N) is 3. The Hall–Kier alpha value is -2.30. The van der Waals surface area contributed by atoms with Gasteiger partial charge in [-0.05, 0) is 37.1 Å². The van der Waals surface area contributed by atoms with Gasteiger partial charge in [-0.25, -0.2) is 4.98 Å². The Bertz CT molecular complexity index is 662. The summed E-state index contributed by atoms with van der Waals surface area (Å²) < 4.78 is 2.09. The quantitative estimate of drug-likeness (QED) is 0.892. The molecule has 0 aliphatic carbocycles. The number of hydrogen-bond acceptors (Lipinski definition) is 3. The van der Waals surface area contributed by atoms with Crippen molar-refractivity contribution in [3.8, 4) is 0 Å². The van der Waals surface area contributed by atoms with Crippen molar-refractivity contribution in [2.75, 3.05) is 18.5 Å². The Morgan fingerprint density at radius 3 is 2.91 bits per heavy atom. The highest BCUT2D eigenvalue weighted by atomic mass is 16.1. The number of unbranched alkanes of at least 4 members (excludes halogenated alkanes) is 1. The Kier molecular flexibility index (Phi) is 4.65. The zero-order chi connectivity index (χ0) is 16.2. The van der Waals surface area contributed by atoms with Gasteiger partial charge in [0.25, 0.3) is 5.91 Å². The number of fused-ring (bicyclic) bond motifs is 1. The van der Waals surface area contributed by atoms with Crippen LogP contribution >= 0.6 is 0 Å². The molecule has 0 saturated heterocycles. The number of aryl methyl sites for hydroxylation is 1. The monoisotopic (exact) mass is 312 g/mol. The molecule has 3 rings (SSSR count). The maximum Gasteiger partial charge on any atom is 0.251 e. The zero-order valence-corrected chi connectivity index (χ0v) is 13.8. The summed E-state index contributed by atoms with van der Waals surface area (Å²) in [4.78, 5) is 18.8. The van der Waals surface area contributed by atoms with Gasteiger partial charge in [0.15, 0.2) is 0 Å². The van der Waals surface area contributed by atoms with Crippen LogP contribution in [0.15, 0.2) is 36.8 Å². The van der Waals surface area contributed by atoms with Crippen molar-refractivity contribution in [1.29, 1.82) is 0 Å². The molecular formula is C18H24N4O. The third-order valence-electron chi connectivity index (χ3n) is 4.48. The predicted molar refractivity (Wildman–Crippen MR) is 91.7 cm³/mol. The van der Waals surface area contributed by atoms with Gasteiger partial charge in [0.1, 0.15) is 0 Å². The molecule has 5 heteroatoms. The molecule has 1 aliphatic heterocycles. The number of nitrogens with one attached hydrogen (secondary N) is 1. The molecule has 0 radical (unpaired) electrons. The molecule has 122 valence electrons. The molecule has 1 aromatic heterocycles. The standard InChI is InChI=1S/C18H24N4O/c1-3-4-10-21(2)15-7-5-14(6-8-15)18(23)20-16-9-11-22-13-19-12-17(16)22/h5-8,12-13,16H,3-4,9-11H2,1-2H3,(H,20,23). The van der Waals surface area contributed by atoms with E-state index in [0.29, 0.717) is 5.56 Å². The van der Waals surface area contributed by atoms with Gasteiger partial charge in [0.05, 0.1) is 24.3 Å². The lowest BCUT2D eigenvalue weighted by Crippen LogP contribution is -2.27. The van der Waals surface area contributed by atoms with E-state index in [1.807, 2.05) is 36.8 Å². The second kappa shape index (κ2) is 6.86. The van der Waals surface area contributed by atoms with Crippen molar-refractivity contribution in [2.24, 2.45) is 0 Å². The van der Waals surface area contributed by atoms with E-state index in [-0.39, 0.29) is 11.9 Å². The number of anilines is 1. The van der Waals surface area contributed by atoms with Gasteiger partial charge in [-0.2, -0.15) is 0 Å². The first kappa shape index (κ1) is 15.6. The molecule has 0 fully saturated rings. The number of carbonyl (C=O) groups is 1. The van der Waals surface area contributed by atoms with Crippen molar-refractivity contribution >= 4 is 11.6 Å².